The number of benzene rings is 1. The van der Waals surface area contributed by atoms with Crippen LogP contribution >= 0.6 is 15.9 Å². The molecule has 3 aromatic rings. The van der Waals surface area contributed by atoms with Gasteiger partial charge in [-0.2, -0.15) is 4.98 Å². The average Bonchev–Trinajstić information content (AvgIpc) is 2.76. The molecule has 0 fully saturated rings. The number of halogens is 1. The molecule has 3 rings (SSSR count). The van der Waals surface area contributed by atoms with Gasteiger partial charge in [-0.15, -0.1) is 0 Å². The van der Waals surface area contributed by atoms with Crippen LogP contribution in [-0.4, -0.2) is 19.9 Å². The first kappa shape index (κ1) is 11.7. The fourth-order valence-electron chi connectivity index (χ4n) is 1.78. The molecule has 0 amide bonds. The lowest BCUT2D eigenvalue weighted by Crippen LogP contribution is -2.10. The smallest absolute Gasteiger partial charge is 0.278 e. The molecule has 1 aromatic carbocycles. The predicted molar refractivity (Wildman–Crippen MR) is 76.5 cm³/mol. The summed E-state index contributed by atoms with van der Waals surface area (Å²) in [7, 11) is 0. The van der Waals surface area contributed by atoms with Crippen LogP contribution in [0, 0.1) is 0 Å². The number of anilines is 2. The SMILES string of the molecule is Nc1ccc(Br)c(-c2nc3nc(N)[nH]c(=O)c3[nH]2)c1. The van der Waals surface area contributed by atoms with Gasteiger partial charge in [0.2, 0.25) is 5.95 Å². The van der Waals surface area contributed by atoms with E-state index in [9.17, 15) is 4.79 Å². The second-order valence-electron chi connectivity index (χ2n) is 3.97. The maximum absolute atomic E-state index is 11.7. The summed E-state index contributed by atoms with van der Waals surface area (Å²) in [5.74, 6) is 0.528. The number of nitrogens with two attached hydrogens (primary N) is 2. The fourth-order valence-corrected chi connectivity index (χ4v) is 2.21. The van der Waals surface area contributed by atoms with Crippen LogP contribution in [-0.2, 0) is 0 Å². The number of hydrogen-bond donors (Lipinski definition) is 4. The monoisotopic (exact) mass is 320 g/mol. The lowest BCUT2D eigenvalue weighted by molar-refractivity contribution is 1.17. The van der Waals surface area contributed by atoms with Gasteiger partial charge in [0.25, 0.3) is 5.56 Å². The second kappa shape index (κ2) is 4.09. The van der Waals surface area contributed by atoms with Crippen molar-refractivity contribution in [2.45, 2.75) is 0 Å². The Morgan fingerprint density at radius 2 is 1.95 bits per heavy atom. The summed E-state index contributed by atoms with van der Waals surface area (Å²) in [5, 5.41) is 0. The van der Waals surface area contributed by atoms with E-state index in [1.54, 1.807) is 12.1 Å². The van der Waals surface area contributed by atoms with Gasteiger partial charge in [0.1, 0.15) is 5.82 Å². The molecule has 7 nitrogen and oxygen atoms in total. The normalized spacial score (nSPS) is 11.0. The van der Waals surface area contributed by atoms with Gasteiger partial charge < -0.3 is 16.5 Å². The van der Waals surface area contributed by atoms with E-state index in [2.05, 4.69) is 35.9 Å². The number of aromatic amines is 2. The highest BCUT2D eigenvalue weighted by molar-refractivity contribution is 9.10. The molecule has 96 valence electrons. The Morgan fingerprint density at radius 1 is 1.16 bits per heavy atom. The highest BCUT2D eigenvalue weighted by Crippen LogP contribution is 2.28. The van der Waals surface area contributed by atoms with Gasteiger partial charge in [-0.25, -0.2) is 4.98 Å². The number of imidazole rings is 1. The lowest BCUT2D eigenvalue weighted by Gasteiger charge is -2.01. The average molecular weight is 321 g/mol. The molecule has 2 aromatic heterocycles. The standard InChI is InChI=1S/C11H9BrN6O/c12-6-2-1-4(13)3-5(6)8-15-7-9(16-8)17-11(14)18-10(7)19/h1-3H,13H2,(H4,14,15,16,17,18,19). The molecule has 2 heterocycles. The first-order valence-electron chi connectivity index (χ1n) is 5.35. The van der Waals surface area contributed by atoms with E-state index in [1.807, 2.05) is 6.07 Å². The van der Waals surface area contributed by atoms with Gasteiger partial charge in [-0.3, -0.25) is 9.78 Å². The van der Waals surface area contributed by atoms with Crippen molar-refractivity contribution in [3.05, 3.63) is 33.0 Å². The van der Waals surface area contributed by atoms with Crippen LogP contribution in [0.1, 0.15) is 0 Å². The maximum Gasteiger partial charge on any atom is 0.278 e. The van der Waals surface area contributed by atoms with E-state index in [-0.39, 0.29) is 22.7 Å². The molecule has 0 unspecified atom stereocenters. The summed E-state index contributed by atoms with van der Waals surface area (Å²) >= 11 is 3.41. The number of H-pyrrole nitrogens is 2. The third-order valence-corrected chi connectivity index (χ3v) is 3.32. The molecular formula is C11H9BrN6O. The molecule has 0 aliphatic heterocycles. The molecule has 0 atom stereocenters. The number of fused-ring (bicyclic) bond motifs is 1. The van der Waals surface area contributed by atoms with Gasteiger partial charge in [0.15, 0.2) is 11.2 Å². The Morgan fingerprint density at radius 3 is 2.74 bits per heavy atom. The topological polar surface area (TPSA) is 126 Å². The second-order valence-corrected chi connectivity index (χ2v) is 4.83. The Labute approximate surface area is 115 Å². The van der Waals surface area contributed by atoms with E-state index in [1.165, 1.54) is 0 Å². The zero-order valence-corrected chi connectivity index (χ0v) is 11.2. The van der Waals surface area contributed by atoms with E-state index in [0.717, 1.165) is 10.0 Å². The molecule has 0 bridgehead atoms. The Balaban J connectivity index is 2.29. The Bertz CT molecular complexity index is 837. The van der Waals surface area contributed by atoms with E-state index >= 15 is 0 Å². The Kier molecular flexibility index (Phi) is 2.53. The minimum absolute atomic E-state index is 0.0298. The first-order valence-corrected chi connectivity index (χ1v) is 6.15. The lowest BCUT2D eigenvalue weighted by atomic mass is 10.2. The summed E-state index contributed by atoms with van der Waals surface area (Å²) in [5.41, 5.74) is 12.8. The van der Waals surface area contributed by atoms with E-state index in [0.29, 0.717) is 11.5 Å². The van der Waals surface area contributed by atoms with Crippen molar-refractivity contribution in [1.82, 2.24) is 19.9 Å². The van der Waals surface area contributed by atoms with Gasteiger partial charge in [-0.05, 0) is 18.2 Å². The fraction of sp³-hybridized carbons (Fsp3) is 0. The van der Waals surface area contributed by atoms with Crippen LogP contribution in [0.15, 0.2) is 27.5 Å². The van der Waals surface area contributed by atoms with Gasteiger partial charge >= 0.3 is 0 Å². The summed E-state index contributed by atoms with van der Waals surface area (Å²) < 4.78 is 0.810. The van der Waals surface area contributed by atoms with Crippen LogP contribution in [0.5, 0.6) is 0 Å². The highest BCUT2D eigenvalue weighted by atomic mass is 79.9. The van der Waals surface area contributed by atoms with Crippen LogP contribution in [0.25, 0.3) is 22.6 Å². The molecular weight excluding hydrogens is 312 g/mol. The van der Waals surface area contributed by atoms with Crippen molar-refractivity contribution in [2.24, 2.45) is 0 Å². The highest BCUT2D eigenvalue weighted by Gasteiger charge is 2.12. The van der Waals surface area contributed by atoms with Crippen molar-refractivity contribution in [2.75, 3.05) is 11.5 Å². The summed E-state index contributed by atoms with van der Waals surface area (Å²) in [6.45, 7) is 0. The summed E-state index contributed by atoms with van der Waals surface area (Å²) in [4.78, 5) is 25.3. The molecule has 0 radical (unpaired) electrons. The third-order valence-electron chi connectivity index (χ3n) is 2.63. The molecule has 19 heavy (non-hydrogen) atoms. The summed E-state index contributed by atoms with van der Waals surface area (Å²) in [6, 6.07) is 5.32. The van der Waals surface area contributed by atoms with Crippen molar-refractivity contribution in [3.8, 4) is 11.4 Å². The number of hydrogen-bond acceptors (Lipinski definition) is 5. The minimum atomic E-state index is -0.360. The van der Waals surface area contributed by atoms with E-state index in [4.69, 9.17) is 11.5 Å². The molecule has 0 aliphatic carbocycles. The van der Waals surface area contributed by atoms with Gasteiger partial charge in [0, 0.05) is 15.7 Å². The first-order chi connectivity index (χ1) is 9.04. The molecule has 0 aliphatic rings. The zero-order valence-electron chi connectivity index (χ0n) is 9.57. The van der Waals surface area contributed by atoms with Crippen LogP contribution in [0.2, 0.25) is 0 Å². The largest absolute Gasteiger partial charge is 0.399 e. The van der Waals surface area contributed by atoms with Crippen molar-refractivity contribution < 1.29 is 0 Å². The maximum atomic E-state index is 11.7. The number of nitrogens with one attached hydrogen (secondary N) is 2. The zero-order chi connectivity index (χ0) is 13.6. The number of rotatable bonds is 1. The number of nitrogens with zero attached hydrogens (tertiary/aromatic N) is 2. The summed E-state index contributed by atoms with van der Waals surface area (Å²) in [6.07, 6.45) is 0. The molecule has 0 saturated heterocycles. The molecule has 0 saturated carbocycles. The Hall–Kier alpha value is -2.35. The van der Waals surface area contributed by atoms with Crippen molar-refractivity contribution in [3.63, 3.8) is 0 Å². The van der Waals surface area contributed by atoms with Crippen LogP contribution in [0.3, 0.4) is 0 Å². The number of aromatic nitrogens is 4. The van der Waals surface area contributed by atoms with Crippen LogP contribution in [0.4, 0.5) is 11.6 Å². The van der Waals surface area contributed by atoms with Gasteiger partial charge in [-0.1, -0.05) is 15.9 Å². The molecule has 0 spiro atoms. The number of nitrogen functional groups attached to an aromatic ring is 2. The van der Waals surface area contributed by atoms with E-state index < -0.39 is 0 Å². The van der Waals surface area contributed by atoms with Gasteiger partial charge in [0.05, 0.1) is 0 Å². The third kappa shape index (κ3) is 1.95. The van der Waals surface area contributed by atoms with Crippen LogP contribution < -0.4 is 17.0 Å². The van der Waals surface area contributed by atoms with Crippen molar-refractivity contribution in [1.29, 1.82) is 0 Å². The molecule has 8 heteroatoms. The predicted octanol–water partition coefficient (Wildman–Crippen LogP) is 1.24. The quantitative estimate of drug-likeness (QED) is 0.502. The van der Waals surface area contributed by atoms with Crippen molar-refractivity contribution >= 4 is 38.7 Å². The minimum Gasteiger partial charge on any atom is -0.399 e. The molecule has 6 N–H and O–H groups in total.